The van der Waals surface area contributed by atoms with Crippen LogP contribution in [0.1, 0.15) is 49.4 Å². The maximum atomic E-state index is 3.57. The fraction of sp³-hybridized carbons (Fsp3) is 0.647. The number of nitrogens with one attached hydrogen (secondary N) is 1. The van der Waals surface area contributed by atoms with Gasteiger partial charge in [0.2, 0.25) is 0 Å². The first kappa shape index (κ1) is 16.2. The molecule has 1 unspecified atom stereocenters. The van der Waals surface area contributed by atoms with Gasteiger partial charge in [-0.3, -0.25) is 0 Å². The zero-order valence-electron chi connectivity index (χ0n) is 13.7. The molecular formula is C17H30N2. The first-order valence-corrected chi connectivity index (χ1v) is 7.35. The van der Waals surface area contributed by atoms with Crippen LogP contribution in [-0.4, -0.2) is 31.6 Å². The van der Waals surface area contributed by atoms with Crippen LogP contribution < -0.4 is 5.32 Å². The van der Waals surface area contributed by atoms with E-state index in [0.717, 1.165) is 12.8 Å². The van der Waals surface area contributed by atoms with Gasteiger partial charge in [-0.05, 0) is 64.5 Å². The summed E-state index contributed by atoms with van der Waals surface area (Å²) in [5.41, 5.74) is 4.38. The molecule has 0 aliphatic rings. The summed E-state index contributed by atoms with van der Waals surface area (Å²) >= 11 is 0. The Kier molecular flexibility index (Phi) is 5.57. The van der Waals surface area contributed by atoms with Crippen LogP contribution in [-0.2, 0) is 0 Å². The molecule has 1 aromatic rings. The first-order chi connectivity index (χ1) is 8.94. The van der Waals surface area contributed by atoms with Gasteiger partial charge in [-0.15, -0.1) is 0 Å². The zero-order valence-corrected chi connectivity index (χ0v) is 13.7. The molecule has 0 saturated heterocycles. The number of likely N-dealkylation sites (N-methyl/N-ethyl adjacent to an activating group) is 2. The van der Waals surface area contributed by atoms with E-state index in [1.807, 2.05) is 0 Å². The molecule has 2 heteroatoms. The lowest BCUT2D eigenvalue weighted by molar-refractivity contribution is 0.0915. The minimum Gasteiger partial charge on any atom is -0.311 e. The summed E-state index contributed by atoms with van der Waals surface area (Å²) in [6.07, 6.45) is 2.27. The zero-order chi connectivity index (χ0) is 14.6. The molecule has 0 saturated carbocycles. The summed E-state index contributed by atoms with van der Waals surface area (Å²) in [4.78, 5) is 2.38. The molecule has 0 radical (unpaired) electrons. The minimum absolute atomic E-state index is 0.160. The molecule has 0 heterocycles. The number of hydrogen-bond donors (Lipinski definition) is 1. The van der Waals surface area contributed by atoms with E-state index < -0.39 is 0 Å². The van der Waals surface area contributed by atoms with Crippen LogP contribution in [0.4, 0.5) is 0 Å². The van der Waals surface area contributed by atoms with E-state index in [1.165, 1.54) is 16.7 Å². The topological polar surface area (TPSA) is 15.3 Å². The SMILES string of the molecule is CCC(CC)(C(NC)c1cccc(C)c1C)N(C)C. The lowest BCUT2D eigenvalue weighted by Gasteiger charge is -2.46. The number of hydrogen-bond acceptors (Lipinski definition) is 2. The highest BCUT2D eigenvalue weighted by atomic mass is 15.2. The lowest BCUT2D eigenvalue weighted by Crippen LogP contribution is -2.52. The predicted octanol–water partition coefficient (Wildman–Crippen LogP) is 3.68. The summed E-state index contributed by atoms with van der Waals surface area (Å²) in [6, 6.07) is 7.00. The molecule has 1 N–H and O–H groups in total. The van der Waals surface area contributed by atoms with Gasteiger partial charge < -0.3 is 10.2 Å². The third kappa shape index (κ3) is 2.85. The summed E-state index contributed by atoms with van der Waals surface area (Å²) in [5.74, 6) is 0. The van der Waals surface area contributed by atoms with Crippen molar-refractivity contribution in [3.63, 3.8) is 0 Å². The maximum absolute atomic E-state index is 3.57. The third-order valence-electron chi connectivity index (χ3n) is 4.90. The van der Waals surface area contributed by atoms with Crippen molar-refractivity contribution in [3.8, 4) is 0 Å². The highest BCUT2D eigenvalue weighted by Gasteiger charge is 2.38. The van der Waals surface area contributed by atoms with E-state index in [0.29, 0.717) is 6.04 Å². The standard InChI is InChI=1S/C17H30N2/c1-8-17(9-2,19(6)7)16(18-5)15-12-10-11-13(3)14(15)4/h10-12,16,18H,8-9H2,1-7H3. The summed E-state index contributed by atoms with van der Waals surface area (Å²) in [5, 5.41) is 3.57. The van der Waals surface area contributed by atoms with Crippen LogP contribution >= 0.6 is 0 Å². The summed E-state index contributed by atoms with van der Waals surface area (Å²) in [6.45, 7) is 9.01. The molecule has 0 fully saturated rings. The second-order valence-corrected chi connectivity index (χ2v) is 5.72. The molecule has 108 valence electrons. The average molecular weight is 262 g/mol. The predicted molar refractivity (Wildman–Crippen MR) is 84.7 cm³/mol. The minimum atomic E-state index is 0.160. The molecule has 0 aliphatic heterocycles. The Morgan fingerprint density at radius 3 is 2.16 bits per heavy atom. The van der Waals surface area contributed by atoms with Crippen LogP contribution in [0.3, 0.4) is 0 Å². The Morgan fingerprint density at radius 1 is 1.16 bits per heavy atom. The smallest absolute Gasteiger partial charge is 0.0507 e. The van der Waals surface area contributed by atoms with Crippen LogP contribution in [0.2, 0.25) is 0 Å². The van der Waals surface area contributed by atoms with Gasteiger partial charge in [0.15, 0.2) is 0 Å². The summed E-state index contributed by atoms with van der Waals surface area (Å²) in [7, 11) is 6.47. The van der Waals surface area contributed by atoms with Crippen LogP contribution in [0.25, 0.3) is 0 Å². The van der Waals surface area contributed by atoms with Gasteiger partial charge in [-0.25, -0.2) is 0 Å². The number of benzene rings is 1. The Hall–Kier alpha value is -0.860. The molecule has 2 nitrogen and oxygen atoms in total. The van der Waals surface area contributed by atoms with Crippen molar-refractivity contribution in [2.45, 2.75) is 52.1 Å². The van der Waals surface area contributed by atoms with E-state index in [1.54, 1.807) is 0 Å². The van der Waals surface area contributed by atoms with Gasteiger partial charge in [-0.1, -0.05) is 32.0 Å². The van der Waals surface area contributed by atoms with Crippen molar-refractivity contribution in [2.24, 2.45) is 0 Å². The molecule has 0 bridgehead atoms. The lowest BCUT2D eigenvalue weighted by atomic mass is 9.78. The van der Waals surface area contributed by atoms with Gasteiger partial charge in [0, 0.05) is 5.54 Å². The van der Waals surface area contributed by atoms with E-state index in [2.05, 4.69) is 77.3 Å². The highest BCUT2D eigenvalue weighted by molar-refractivity contribution is 5.37. The van der Waals surface area contributed by atoms with Gasteiger partial charge >= 0.3 is 0 Å². The monoisotopic (exact) mass is 262 g/mol. The van der Waals surface area contributed by atoms with Crippen LogP contribution in [0, 0.1) is 13.8 Å². The number of nitrogens with zero attached hydrogens (tertiary/aromatic N) is 1. The number of rotatable bonds is 6. The average Bonchev–Trinajstić information content (AvgIpc) is 2.39. The molecule has 0 aromatic heterocycles. The fourth-order valence-corrected chi connectivity index (χ4v) is 3.35. The van der Waals surface area contributed by atoms with Crippen molar-refractivity contribution in [2.75, 3.05) is 21.1 Å². The van der Waals surface area contributed by atoms with E-state index >= 15 is 0 Å². The van der Waals surface area contributed by atoms with E-state index in [-0.39, 0.29) is 5.54 Å². The molecular weight excluding hydrogens is 232 g/mol. The normalized spacial score (nSPS) is 13.9. The fourth-order valence-electron chi connectivity index (χ4n) is 3.35. The van der Waals surface area contributed by atoms with Crippen molar-refractivity contribution in [1.29, 1.82) is 0 Å². The Labute approximate surface area is 119 Å². The van der Waals surface area contributed by atoms with E-state index in [4.69, 9.17) is 0 Å². The first-order valence-electron chi connectivity index (χ1n) is 7.35. The van der Waals surface area contributed by atoms with Crippen molar-refractivity contribution in [1.82, 2.24) is 10.2 Å². The second-order valence-electron chi connectivity index (χ2n) is 5.72. The van der Waals surface area contributed by atoms with Crippen molar-refractivity contribution >= 4 is 0 Å². The van der Waals surface area contributed by atoms with Crippen LogP contribution in [0.15, 0.2) is 18.2 Å². The second kappa shape index (κ2) is 6.53. The highest BCUT2D eigenvalue weighted by Crippen LogP contribution is 2.37. The summed E-state index contributed by atoms with van der Waals surface area (Å²) < 4.78 is 0. The Bertz CT molecular complexity index is 406. The third-order valence-corrected chi connectivity index (χ3v) is 4.90. The Morgan fingerprint density at radius 2 is 1.74 bits per heavy atom. The molecule has 0 amide bonds. The van der Waals surface area contributed by atoms with Gasteiger partial charge in [0.05, 0.1) is 6.04 Å². The van der Waals surface area contributed by atoms with Crippen LogP contribution in [0.5, 0.6) is 0 Å². The van der Waals surface area contributed by atoms with Gasteiger partial charge in [0.1, 0.15) is 0 Å². The quantitative estimate of drug-likeness (QED) is 0.841. The molecule has 1 aromatic carbocycles. The maximum Gasteiger partial charge on any atom is 0.0507 e. The molecule has 1 rings (SSSR count). The van der Waals surface area contributed by atoms with Gasteiger partial charge in [-0.2, -0.15) is 0 Å². The van der Waals surface area contributed by atoms with Crippen molar-refractivity contribution in [3.05, 3.63) is 34.9 Å². The molecule has 19 heavy (non-hydrogen) atoms. The number of aryl methyl sites for hydroxylation is 1. The van der Waals surface area contributed by atoms with E-state index in [9.17, 15) is 0 Å². The molecule has 0 spiro atoms. The van der Waals surface area contributed by atoms with Gasteiger partial charge in [0.25, 0.3) is 0 Å². The van der Waals surface area contributed by atoms with Crippen molar-refractivity contribution < 1.29 is 0 Å². The molecule has 1 atom stereocenters. The Balaban J connectivity index is 3.36. The largest absolute Gasteiger partial charge is 0.311 e. The molecule has 0 aliphatic carbocycles.